The van der Waals surface area contributed by atoms with Crippen molar-refractivity contribution in [2.24, 2.45) is 0 Å². The molecule has 0 saturated carbocycles. The zero-order valence-corrected chi connectivity index (χ0v) is 14.8. The highest BCUT2D eigenvalue weighted by Crippen LogP contribution is 2.29. The molecule has 0 spiro atoms. The Labute approximate surface area is 149 Å². The highest BCUT2D eigenvalue weighted by molar-refractivity contribution is 7.99. The summed E-state index contributed by atoms with van der Waals surface area (Å²) >= 11 is 7.75. The van der Waals surface area contributed by atoms with Gasteiger partial charge >= 0.3 is 5.97 Å². The summed E-state index contributed by atoms with van der Waals surface area (Å²) < 4.78 is 2.11. The number of aliphatic carboxylic acids is 1. The fourth-order valence-electron chi connectivity index (χ4n) is 2.68. The lowest BCUT2D eigenvalue weighted by atomic mass is 10.2. The zero-order valence-electron chi connectivity index (χ0n) is 13.2. The van der Waals surface area contributed by atoms with Crippen LogP contribution in [0.3, 0.4) is 0 Å². The molecule has 1 N–H and O–H groups in total. The lowest BCUT2D eigenvalue weighted by molar-refractivity contribution is -0.137. The van der Waals surface area contributed by atoms with Gasteiger partial charge in [0, 0.05) is 23.6 Å². The van der Waals surface area contributed by atoms with E-state index in [1.165, 1.54) is 0 Å². The van der Waals surface area contributed by atoms with Gasteiger partial charge in [0.15, 0.2) is 11.0 Å². The molecule has 0 bridgehead atoms. The van der Waals surface area contributed by atoms with Crippen LogP contribution >= 0.6 is 23.4 Å². The summed E-state index contributed by atoms with van der Waals surface area (Å²) in [5.41, 5.74) is 0.963. The zero-order chi connectivity index (χ0) is 16.9. The highest BCUT2D eigenvalue weighted by atomic mass is 35.5. The average Bonchev–Trinajstić information content (AvgIpc) is 2.97. The standard InChI is InChI=1S/C16H19ClN4O2S/c17-13-6-4-5-12(9-13)15-18-19-16-21(15)10-20(11-24-16)8-3-1-2-7-14(22)23/h4-6,9H,1-3,7-8,10-11H2,(H,22,23). The van der Waals surface area contributed by atoms with Gasteiger partial charge in [-0.1, -0.05) is 41.9 Å². The second-order valence-corrected chi connectivity index (χ2v) is 7.11. The molecule has 0 amide bonds. The summed E-state index contributed by atoms with van der Waals surface area (Å²) in [6, 6.07) is 7.64. The van der Waals surface area contributed by atoms with Gasteiger partial charge in [0.25, 0.3) is 0 Å². The van der Waals surface area contributed by atoms with E-state index in [9.17, 15) is 4.79 Å². The van der Waals surface area contributed by atoms with Crippen LogP contribution < -0.4 is 0 Å². The number of nitrogens with zero attached hydrogens (tertiary/aromatic N) is 4. The van der Waals surface area contributed by atoms with Crippen molar-refractivity contribution >= 4 is 29.3 Å². The van der Waals surface area contributed by atoms with Crippen LogP contribution in [-0.2, 0) is 11.5 Å². The van der Waals surface area contributed by atoms with Crippen molar-refractivity contribution in [1.82, 2.24) is 19.7 Å². The van der Waals surface area contributed by atoms with Gasteiger partial charge in [-0.05, 0) is 25.0 Å². The van der Waals surface area contributed by atoms with Gasteiger partial charge < -0.3 is 5.11 Å². The predicted octanol–water partition coefficient (Wildman–Crippen LogP) is 3.57. The van der Waals surface area contributed by atoms with Crippen LogP contribution in [0.15, 0.2) is 29.4 Å². The molecule has 2 heterocycles. The van der Waals surface area contributed by atoms with E-state index in [4.69, 9.17) is 16.7 Å². The van der Waals surface area contributed by atoms with Crippen LogP contribution in [0.4, 0.5) is 0 Å². The summed E-state index contributed by atoms with van der Waals surface area (Å²) in [5, 5.41) is 18.9. The van der Waals surface area contributed by atoms with Crippen LogP contribution in [0.1, 0.15) is 25.7 Å². The Balaban J connectivity index is 1.61. The second-order valence-electron chi connectivity index (χ2n) is 5.76. The van der Waals surface area contributed by atoms with Crippen LogP contribution in [0.5, 0.6) is 0 Å². The molecule has 1 aliphatic rings. The van der Waals surface area contributed by atoms with Crippen LogP contribution in [0.2, 0.25) is 5.02 Å². The molecule has 2 aromatic rings. The molecule has 0 unspecified atom stereocenters. The van der Waals surface area contributed by atoms with Crippen molar-refractivity contribution < 1.29 is 9.90 Å². The van der Waals surface area contributed by atoms with E-state index in [0.29, 0.717) is 5.02 Å². The molecule has 8 heteroatoms. The molecule has 0 saturated heterocycles. The lowest BCUT2D eigenvalue weighted by Crippen LogP contribution is -2.31. The minimum Gasteiger partial charge on any atom is -0.481 e. The second kappa shape index (κ2) is 8.00. The summed E-state index contributed by atoms with van der Waals surface area (Å²) in [6.45, 7) is 1.69. The van der Waals surface area contributed by atoms with Crippen molar-refractivity contribution in [3.05, 3.63) is 29.3 Å². The largest absolute Gasteiger partial charge is 0.481 e. The normalized spacial score (nSPS) is 14.5. The summed E-state index contributed by atoms with van der Waals surface area (Å²) in [7, 11) is 0. The van der Waals surface area contributed by atoms with Crippen molar-refractivity contribution in [1.29, 1.82) is 0 Å². The molecule has 0 fully saturated rings. The number of fused-ring (bicyclic) bond motifs is 1. The van der Waals surface area contributed by atoms with E-state index in [2.05, 4.69) is 19.7 Å². The van der Waals surface area contributed by atoms with Gasteiger partial charge in [-0.3, -0.25) is 14.3 Å². The SMILES string of the molecule is O=C(O)CCCCCN1CSc2nnc(-c3cccc(Cl)c3)n2C1. The topological polar surface area (TPSA) is 71.2 Å². The number of halogens is 1. The van der Waals surface area contributed by atoms with E-state index < -0.39 is 5.97 Å². The number of rotatable bonds is 7. The minimum atomic E-state index is -0.719. The van der Waals surface area contributed by atoms with E-state index in [1.54, 1.807) is 11.8 Å². The van der Waals surface area contributed by atoms with Crippen molar-refractivity contribution in [2.45, 2.75) is 37.5 Å². The molecule has 128 valence electrons. The molecule has 1 aromatic heterocycles. The first-order valence-corrected chi connectivity index (χ1v) is 9.26. The van der Waals surface area contributed by atoms with E-state index in [1.807, 2.05) is 24.3 Å². The quantitative estimate of drug-likeness (QED) is 0.755. The minimum absolute atomic E-state index is 0.253. The maximum absolute atomic E-state index is 10.5. The van der Waals surface area contributed by atoms with E-state index >= 15 is 0 Å². The fraction of sp³-hybridized carbons (Fsp3) is 0.438. The lowest BCUT2D eigenvalue weighted by Gasteiger charge is -2.27. The van der Waals surface area contributed by atoms with E-state index in [0.717, 1.165) is 54.9 Å². The van der Waals surface area contributed by atoms with Gasteiger partial charge in [-0.2, -0.15) is 0 Å². The van der Waals surface area contributed by atoms with Crippen molar-refractivity contribution in [2.75, 3.05) is 12.4 Å². The number of benzene rings is 1. The fourth-order valence-corrected chi connectivity index (χ4v) is 3.78. The van der Waals surface area contributed by atoms with Crippen molar-refractivity contribution in [3.8, 4) is 11.4 Å². The Bertz CT molecular complexity index is 722. The number of carboxylic acids is 1. The van der Waals surface area contributed by atoms with Crippen LogP contribution in [0.25, 0.3) is 11.4 Å². The van der Waals surface area contributed by atoms with Gasteiger partial charge in [-0.15, -0.1) is 10.2 Å². The Morgan fingerprint density at radius 3 is 2.96 bits per heavy atom. The van der Waals surface area contributed by atoms with E-state index in [-0.39, 0.29) is 6.42 Å². The number of aromatic nitrogens is 3. The number of carbonyl (C=O) groups is 1. The first kappa shape index (κ1) is 17.3. The maximum atomic E-state index is 10.5. The van der Waals surface area contributed by atoms with Gasteiger partial charge in [0.05, 0.1) is 12.5 Å². The maximum Gasteiger partial charge on any atom is 0.303 e. The Hall–Kier alpha value is -1.57. The molecule has 1 aromatic carbocycles. The summed E-state index contributed by atoms with van der Waals surface area (Å²) in [5.74, 6) is 0.992. The van der Waals surface area contributed by atoms with Crippen molar-refractivity contribution in [3.63, 3.8) is 0 Å². The molecule has 0 radical (unpaired) electrons. The smallest absolute Gasteiger partial charge is 0.303 e. The number of hydrogen-bond acceptors (Lipinski definition) is 5. The third kappa shape index (κ3) is 4.28. The first-order valence-electron chi connectivity index (χ1n) is 7.89. The molecule has 6 nitrogen and oxygen atoms in total. The van der Waals surface area contributed by atoms with Crippen LogP contribution in [-0.4, -0.2) is 43.2 Å². The van der Waals surface area contributed by atoms with Gasteiger partial charge in [0.2, 0.25) is 0 Å². The Kier molecular flexibility index (Phi) is 5.76. The number of carboxylic acid groups (broad SMARTS) is 1. The monoisotopic (exact) mass is 366 g/mol. The highest BCUT2D eigenvalue weighted by Gasteiger charge is 2.22. The third-order valence-electron chi connectivity index (χ3n) is 3.88. The molecule has 3 rings (SSSR count). The average molecular weight is 367 g/mol. The first-order chi connectivity index (χ1) is 11.6. The van der Waals surface area contributed by atoms with Crippen LogP contribution in [0, 0.1) is 0 Å². The summed E-state index contributed by atoms with van der Waals surface area (Å²) in [4.78, 5) is 12.9. The van der Waals surface area contributed by atoms with Gasteiger partial charge in [0.1, 0.15) is 0 Å². The predicted molar refractivity (Wildman–Crippen MR) is 94.0 cm³/mol. The third-order valence-corrected chi connectivity index (χ3v) is 5.17. The number of thioether (sulfide) groups is 1. The Morgan fingerprint density at radius 1 is 1.29 bits per heavy atom. The molecule has 0 aliphatic carbocycles. The van der Waals surface area contributed by atoms with Gasteiger partial charge in [-0.25, -0.2) is 0 Å². The molecule has 24 heavy (non-hydrogen) atoms. The summed E-state index contributed by atoms with van der Waals surface area (Å²) in [6.07, 6.45) is 2.92. The molecule has 0 atom stereocenters. The molecule has 1 aliphatic heterocycles. The Morgan fingerprint density at radius 2 is 2.17 bits per heavy atom. The number of hydrogen-bond donors (Lipinski definition) is 1. The molecular formula is C16H19ClN4O2S. The number of unbranched alkanes of at least 4 members (excludes halogenated alkanes) is 2. The molecular weight excluding hydrogens is 348 g/mol.